The fraction of sp³-hybridized carbons (Fsp3) is 0.300. The van der Waals surface area contributed by atoms with Crippen molar-refractivity contribution < 1.29 is 9.53 Å². The number of carbonyl (C=O) groups excluding carboxylic acids is 1. The average Bonchev–Trinajstić information content (AvgIpc) is 3.03. The first-order chi connectivity index (χ1) is 8.78. The van der Waals surface area contributed by atoms with Crippen molar-refractivity contribution in [1.29, 1.82) is 0 Å². The molecule has 2 nitrogen and oxygen atoms in total. The SMILES string of the molecule is COC(=O)C1=CSC(=C2SC3=C(SCCS3)S2)S1. The third-order valence-electron chi connectivity index (χ3n) is 2.12. The molecule has 3 rings (SSSR count). The molecule has 0 saturated heterocycles. The van der Waals surface area contributed by atoms with Crippen LogP contribution in [0, 0.1) is 0 Å². The van der Waals surface area contributed by atoms with Crippen LogP contribution < -0.4 is 0 Å². The Morgan fingerprint density at radius 2 is 1.72 bits per heavy atom. The van der Waals surface area contributed by atoms with Gasteiger partial charge < -0.3 is 4.74 Å². The van der Waals surface area contributed by atoms with Gasteiger partial charge in [0.05, 0.1) is 24.1 Å². The molecular formula is C10H8O2S6. The van der Waals surface area contributed by atoms with Crippen LogP contribution >= 0.6 is 70.6 Å². The van der Waals surface area contributed by atoms with Crippen molar-refractivity contribution >= 4 is 76.5 Å². The standard InChI is InChI=1S/C10H8O2S6/c1-12-6(11)5-4-15-9(16-5)10-17-7-8(18-10)14-3-2-13-7/h4H,2-3H2,1H3. The fourth-order valence-electron chi connectivity index (χ4n) is 1.34. The van der Waals surface area contributed by atoms with Crippen LogP contribution in [0.2, 0.25) is 0 Å². The van der Waals surface area contributed by atoms with Gasteiger partial charge in [-0.3, -0.25) is 0 Å². The van der Waals surface area contributed by atoms with E-state index < -0.39 is 0 Å². The Kier molecular flexibility index (Phi) is 4.62. The Hall–Kier alpha value is 0.790. The van der Waals surface area contributed by atoms with Crippen LogP contribution in [0.15, 0.2) is 27.3 Å². The van der Waals surface area contributed by atoms with Gasteiger partial charge in [-0.05, 0) is 5.41 Å². The number of hydrogen-bond donors (Lipinski definition) is 0. The lowest BCUT2D eigenvalue weighted by atomic mass is 10.6. The van der Waals surface area contributed by atoms with Gasteiger partial charge in [-0.2, -0.15) is 0 Å². The summed E-state index contributed by atoms with van der Waals surface area (Å²) in [5, 5.41) is 1.89. The van der Waals surface area contributed by atoms with Crippen LogP contribution in [0.3, 0.4) is 0 Å². The summed E-state index contributed by atoms with van der Waals surface area (Å²) in [6.07, 6.45) is 0. The van der Waals surface area contributed by atoms with Crippen molar-refractivity contribution in [2.24, 2.45) is 0 Å². The van der Waals surface area contributed by atoms with Crippen molar-refractivity contribution in [3.8, 4) is 0 Å². The molecule has 3 aliphatic rings. The van der Waals surface area contributed by atoms with Crippen LogP contribution in [0.4, 0.5) is 0 Å². The van der Waals surface area contributed by atoms with E-state index in [1.54, 1.807) is 11.8 Å². The van der Waals surface area contributed by atoms with E-state index in [9.17, 15) is 4.79 Å². The summed E-state index contributed by atoms with van der Waals surface area (Å²) < 4.78 is 10.1. The summed E-state index contributed by atoms with van der Waals surface area (Å²) in [7, 11) is 1.42. The van der Waals surface area contributed by atoms with Gasteiger partial charge in [0.2, 0.25) is 0 Å². The highest BCUT2D eigenvalue weighted by atomic mass is 32.3. The molecule has 96 valence electrons. The van der Waals surface area contributed by atoms with Gasteiger partial charge in [-0.25, -0.2) is 4.79 Å². The lowest BCUT2D eigenvalue weighted by Crippen LogP contribution is -1.99. The van der Waals surface area contributed by atoms with Crippen molar-refractivity contribution in [1.82, 2.24) is 0 Å². The number of hydrogen-bond acceptors (Lipinski definition) is 8. The molecule has 0 amide bonds. The highest BCUT2D eigenvalue weighted by Crippen LogP contribution is 2.63. The molecule has 0 radical (unpaired) electrons. The molecule has 0 aliphatic carbocycles. The zero-order chi connectivity index (χ0) is 12.5. The highest BCUT2D eigenvalue weighted by Gasteiger charge is 2.30. The third-order valence-corrected chi connectivity index (χ3v) is 10.8. The molecule has 0 aromatic carbocycles. The summed E-state index contributed by atoms with van der Waals surface area (Å²) in [4.78, 5) is 12.1. The second-order valence-electron chi connectivity index (χ2n) is 3.24. The number of esters is 1. The molecule has 0 saturated carbocycles. The maximum atomic E-state index is 11.4. The predicted molar refractivity (Wildman–Crippen MR) is 89.4 cm³/mol. The number of carbonyl (C=O) groups is 1. The number of rotatable bonds is 1. The van der Waals surface area contributed by atoms with E-state index in [1.807, 2.05) is 52.5 Å². The molecule has 0 atom stereocenters. The minimum absolute atomic E-state index is 0.238. The second-order valence-corrected chi connectivity index (χ2v) is 10.5. The van der Waals surface area contributed by atoms with E-state index in [-0.39, 0.29) is 5.97 Å². The van der Waals surface area contributed by atoms with Gasteiger partial charge in [0, 0.05) is 11.5 Å². The molecule has 3 heterocycles. The van der Waals surface area contributed by atoms with Gasteiger partial charge >= 0.3 is 5.97 Å². The van der Waals surface area contributed by atoms with Gasteiger partial charge in [0.15, 0.2) is 0 Å². The molecule has 0 bridgehead atoms. The molecule has 0 fully saturated rings. The molecule has 8 heteroatoms. The van der Waals surface area contributed by atoms with Crippen LogP contribution in [0.25, 0.3) is 0 Å². The lowest BCUT2D eigenvalue weighted by molar-refractivity contribution is -0.135. The molecule has 0 N–H and O–H groups in total. The first kappa shape index (κ1) is 13.8. The number of thioether (sulfide) groups is 6. The van der Waals surface area contributed by atoms with E-state index >= 15 is 0 Å². The van der Waals surface area contributed by atoms with E-state index in [4.69, 9.17) is 4.74 Å². The minimum Gasteiger partial charge on any atom is -0.465 e. The van der Waals surface area contributed by atoms with Gasteiger partial charge in [-0.1, -0.05) is 47.0 Å². The first-order valence-corrected chi connectivity index (χ1v) is 10.3. The number of methoxy groups -OCH3 is 1. The van der Waals surface area contributed by atoms with Crippen molar-refractivity contribution in [2.75, 3.05) is 18.6 Å². The Morgan fingerprint density at radius 1 is 1.06 bits per heavy atom. The van der Waals surface area contributed by atoms with Crippen LogP contribution in [-0.4, -0.2) is 24.6 Å². The van der Waals surface area contributed by atoms with E-state index in [0.29, 0.717) is 4.91 Å². The topological polar surface area (TPSA) is 26.3 Å². The Labute approximate surface area is 131 Å². The van der Waals surface area contributed by atoms with Crippen LogP contribution in [0.5, 0.6) is 0 Å². The minimum atomic E-state index is -0.238. The summed E-state index contributed by atoms with van der Waals surface area (Å²) in [6, 6.07) is 0. The fourth-order valence-corrected chi connectivity index (χ4v) is 9.78. The summed E-state index contributed by atoms with van der Waals surface area (Å²) in [6.45, 7) is 0. The quantitative estimate of drug-likeness (QED) is 0.627. The Balaban J connectivity index is 1.71. The summed E-state index contributed by atoms with van der Waals surface area (Å²) in [5.74, 6) is 2.16. The lowest BCUT2D eigenvalue weighted by Gasteiger charge is -2.08. The maximum absolute atomic E-state index is 11.4. The zero-order valence-electron chi connectivity index (χ0n) is 9.26. The Bertz CT molecular complexity index is 473. The highest BCUT2D eigenvalue weighted by molar-refractivity contribution is 8.43. The van der Waals surface area contributed by atoms with Crippen LogP contribution in [-0.2, 0) is 9.53 Å². The molecule has 18 heavy (non-hydrogen) atoms. The maximum Gasteiger partial charge on any atom is 0.345 e. The van der Waals surface area contributed by atoms with E-state index in [0.717, 1.165) is 0 Å². The van der Waals surface area contributed by atoms with Crippen molar-refractivity contribution in [3.05, 3.63) is 27.3 Å². The zero-order valence-corrected chi connectivity index (χ0v) is 14.2. The first-order valence-electron chi connectivity index (χ1n) is 5.01. The van der Waals surface area contributed by atoms with E-state index in [2.05, 4.69) is 0 Å². The van der Waals surface area contributed by atoms with Gasteiger partial charge in [0.1, 0.15) is 4.91 Å². The monoisotopic (exact) mass is 352 g/mol. The number of ether oxygens (including phenoxy) is 1. The second kappa shape index (κ2) is 6.05. The molecule has 0 aromatic heterocycles. The summed E-state index contributed by atoms with van der Waals surface area (Å²) >= 11 is 10.8. The average molecular weight is 353 g/mol. The molecule has 0 aromatic rings. The molecule has 0 unspecified atom stereocenters. The largest absolute Gasteiger partial charge is 0.465 e. The predicted octanol–water partition coefficient (Wildman–Crippen LogP) is 4.69. The van der Waals surface area contributed by atoms with Crippen molar-refractivity contribution in [2.45, 2.75) is 0 Å². The van der Waals surface area contributed by atoms with Gasteiger partial charge in [-0.15, -0.1) is 23.5 Å². The Morgan fingerprint density at radius 3 is 2.33 bits per heavy atom. The van der Waals surface area contributed by atoms with Crippen molar-refractivity contribution in [3.63, 3.8) is 0 Å². The molecule has 3 aliphatic heterocycles. The normalized spacial score (nSPS) is 23.3. The third kappa shape index (κ3) is 2.78. The van der Waals surface area contributed by atoms with E-state index in [1.165, 1.54) is 47.3 Å². The van der Waals surface area contributed by atoms with Crippen LogP contribution in [0.1, 0.15) is 0 Å². The van der Waals surface area contributed by atoms with Gasteiger partial charge in [0.25, 0.3) is 0 Å². The molecular weight excluding hydrogens is 345 g/mol. The smallest absolute Gasteiger partial charge is 0.345 e. The summed E-state index contributed by atoms with van der Waals surface area (Å²) in [5.41, 5.74) is 0. The molecule has 0 spiro atoms.